The van der Waals surface area contributed by atoms with Gasteiger partial charge in [0.1, 0.15) is 4.90 Å². The van der Waals surface area contributed by atoms with Gasteiger partial charge in [0.05, 0.1) is 23.8 Å². The molecule has 1 atom stereocenters. The molecule has 8 nitrogen and oxygen atoms in total. The maximum atomic E-state index is 13.0. The van der Waals surface area contributed by atoms with E-state index >= 15 is 0 Å². The van der Waals surface area contributed by atoms with E-state index in [1.807, 2.05) is 6.92 Å². The van der Waals surface area contributed by atoms with Crippen LogP contribution in [0.1, 0.15) is 26.2 Å². The van der Waals surface area contributed by atoms with Crippen molar-refractivity contribution >= 4 is 21.4 Å². The van der Waals surface area contributed by atoms with Gasteiger partial charge >= 0.3 is 0 Å². The summed E-state index contributed by atoms with van der Waals surface area (Å²) < 4.78 is 32.6. The number of rotatable bonds is 6. The lowest BCUT2D eigenvalue weighted by atomic mass is 9.80. The molecule has 138 valence electrons. The molecule has 1 unspecified atom stereocenters. The Bertz CT molecular complexity index is 742. The highest BCUT2D eigenvalue weighted by Gasteiger charge is 2.32. The van der Waals surface area contributed by atoms with E-state index in [1.165, 1.54) is 22.9 Å². The quantitative estimate of drug-likeness (QED) is 0.609. The van der Waals surface area contributed by atoms with E-state index in [1.54, 1.807) is 0 Å². The fourth-order valence-electron chi connectivity index (χ4n) is 3.19. The highest BCUT2D eigenvalue weighted by Crippen LogP contribution is 2.34. The zero-order valence-corrected chi connectivity index (χ0v) is 15.0. The molecular formula is C16H23N3O5S. The highest BCUT2D eigenvalue weighted by atomic mass is 32.2. The second kappa shape index (κ2) is 7.27. The number of ether oxygens (including phenoxy) is 1. The van der Waals surface area contributed by atoms with Crippen LogP contribution in [-0.4, -0.2) is 50.0 Å². The van der Waals surface area contributed by atoms with Crippen LogP contribution in [0.3, 0.4) is 0 Å². The number of anilines is 1. The molecule has 0 spiro atoms. The van der Waals surface area contributed by atoms with Crippen LogP contribution in [0.2, 0.25) is 0 Å². The SMILES string of the molecule is CC(Nc1ccc([N+](=O)[O-])cc1S(=O)(=O)N1CCOCC1)C1CCC1. The van der Waals surface area contributed by atoms with Crippen molar-refractivity contribution in [2.45, 2.75) is 37.1 Å². The van der Waals surface area contributed by atoms with Crippen molar-refractivity contribution in [2.75, 3.05) is 31.6 Å². The van der Waals surface area contributed by atoms with Gasteiger partial charge in [0.15, 0.2) is 0 Å². The average Bonchev–Trinajstić information content (AvgIpc) is 2.54. The van der Waals surface area contributed by atoms with Gasteiger partial charge in [-0.25, -0.2) is 8.42 Å². The van der Waals surface area contributed by atoms with Crippen molar-refractivity contribution in [1.29, 1.82) is 0 Å². The fourth-order valence-corrected chi connectivity index (χ4v) is 4.77. The van der Waals surface area contributed by atoms with E-state index in [4.69, 9.17) is 4.74 Å². The number of hydrogen-bond acceptors (Lipinski definition) is 6. The molecule has 25 heavy (non-hydrogen) atoms. The van der Waals surface area contributed by atoms with Crippen LogP contribution in [0.15, 0.2) is 23.1 Å². The summed E-state index contributed by atoms with van der Waals surface area (Å²) in [7, 11) is -3.82. The van der Waals surface area contributed by atoms with Crippen LogP contribution < -0.4 is 5.32 Å². The minimum absolute atomic E-state index is 0.0326. The molecule has 9 heteroatoms. The number of nitro groups is 1. The van der Waals surface area contributed by atoms with Crippen molar-refractivity contribution in [3.63, 3.8) is 0 Å². The van der Waals surface area contributed by atoms with Gasteiger partial charge in [-0.1, -0.05) is 6.42 Å². The first kappa shape index (κ1) is 18.1. The van der Waals surface area contributed by atoms with Gasteiger partial charge in [0.25, 0.3) is 5.69 Å². The topological polar surface area (TPSA) is 102 Å². The predicted molar refractivity (Wildman–Crippen MR) is 93.1 cm³/mol. The fraction of sp³-hybridized carbons (Fsp3) is 0.625. The van der Waals surface area contributed by atoms with Crippen molar-refractivity contribution < 1.29 is 18.1 Å². The predicted octanol–water partition coefficient (Wildman–Crippen LogP) is 2.22. The minimum atomic E-state index is -3.82. The summed E-state index contributed by atoms with van der Waals surface area (Å²) in [6.45, 7) is 3.19. The molecule has 0 bridgehead atoms. The van der Waals surface area contributed by atoms with E-state index in [-0.39, 0.29) is 29.7 Å². The number of morpholine rings is 1. The zero-order chi connectivity index (χ0) is 18.0. The Morgan fingerprint density at radius 1 is 1.32 bits per heavy atom. The number of nitro benzene ring substituents is 1. The Morgan fingerprint density at radius 3 is 2.56 bits per heavy atom. The number of non-ortho nitro benzene ring substituents is 1. The van der Waals surface area contributed by atoms with Gasteiger partial charge in [-0.3, -0.25) is 10.1 Å². The van der Waals surface area contributed by atoms with E-state index in [2.05, 4.69) is 5.32 Å². The molecule has 1 N–H and O–H groups in total. The van der Waals surface area contributed by atoms with Crippen molar-refractivity contribution in [1.82, 2.24) is 4.31 Å². The summed E-state index contributed by atoms with van der Waals surface area (Å²) in [6.07, 6.45) is 3.43. The zero-order valence-electron chi connectivity index (χ0n) is 14.2. The van der Waals surface area contributed by atoms with Gasteiger partial charge in [-0.05, 0) is 31.7 Å². The summed E-state index contributed by atoms with van der Waals surface area (Å²) in [6, 6.07) is 4.11. The summed E-state index contributed by atoms with van der Waals surface area (Å²) >= 11 is 0. The molecule has 0 aromatic heterocycles. The monoisotopic (exact) mass is 369 g/mol. The molecule has 3 rings (SSSR count). The van der Waals surface area contributed by atoms with Crippen LogP contribution in [0, 0.1) is 16.0 Å². The molecule has 2 fully saturated rings. The lowest BCUT2D eigenvalue weighted by Crippen LogP contribution is -2.41. The Balaban J connectivity index is 1.95. The van der Waals surface area contributed by atoms with E-state index in [0.717, 1.165) is 18.9 Å². The molecule has 1 aromatic carbocycles. The van der Waals surface area contributed by atoms with Gasteiger partial charge in [0.2, 0.25) is 10.0 Å². The largest absolute Gasteiger partial charge is 0.381 e. The first-order valence-electron chi connectivity index (χ1n) is 8.52. The summed E-state index contributed by atoms with van der Waals surface area (Å²) in [5.41, 5.74) is 0.199. The number of sulfonamides is 1. The van der Waals surface area contributed by atoms with Crippen molar-refractivity contribution in [3.05, 3.63) is 28.3 Å². The molecule has 0 amide bonds. The van der Waals surface area contributed by atoms with Gasteiger partial charge in [-0.2, -0.15) is 4.31 Å². The Morgan fingerprint density at radius 2 is 2.00 bits per heavy atom. The molecule has 2 aliphatic rings. The van der Waals surface area contributed by atoms with Crippen LogP contribution in [0.5, 0.6) is 0 Å². The normalized spacial score (nSPS) is 20.7. The van der Waals surface area contributed by atoms with Crippen LogP contribution in [0.25, 0.3) is 0 Å². The van der Waals surface area contributed by atoms with Gasteiger partial charge in [-0.15, -0.1) is 0 Å². The number of hydrogen-bond donors (Lipinski definition) is 1. The minimum Gasteiger partial charge on any atom is -0.381 e. The lowest BCUT2D eigenvalue weighted by molar-refractivity contribution is -0.385. The van der Waals surface area contributed by atoms with Crippen molar-refractivity contribution in [3.8, 4) is 0 Å². The maximum absolute atomic E-state index is 13.0. The number of nitrogens with zero attached hydrogens (tertiary/aromatic N) is 2. The third kappa shape index (κ3) is 3.78. The summed E-state index contributed by atoms with van der Waals surface area (Å²) in [5, 5.41) is 14.4. The summed E-state index contributed by atoms with van der Waals surface area (Å²) in [5.74, 6) is 0.508. The van der Waals surface area contributed by atoms with E-state index < -0.39 is 14.9 Å². The molecule has 1 heterocycles. The van der Waals surface area contributed by atoms with E-state index in [9.17, 15) is 18.5 Å². The molecular weight excluding hydrogens is 346 g/mol. The maximum Gasteiger partial charge on any atom is 0.270 e. The van der Waals surface area contributed by atoms with Crippen molar-refractivity contribution in [2.24, 2.45) is 5.92 Å². The van der Waals surface area contributed by atoms with Gasteiger partial charge in [0, 0.05) is 31.3 Å². The molecule has 1 saturated heterocycles. The summed E-state index contributed by atoms with van der Waals surface area (Å²) in [4.78, 5) is 10.5. The number of nitrogens with one attached hydrogen (secondary N) is 1. The first-order chi connectivity index (χ1) is 11.9. The van der Waals surface area contributed by atoms with E-state index in [0.29, 0.717) is 24.8 Å². The smallest absolute Gasteiger partial charge is 0.270 e. The number of benzene rings is 1. The second-order valence-electron chi connectivity index (χ2n) is 6.58. The average molecular weight is 369 g/mol. The molecule has 1 aromatic rings. The molecule has 1 aliphatic heterocycles. The first-order valence-corrected chi connectivity index (χ1v) is 9.96. The van der Waals surface area contributed by atoms with Crippen LogP contribution in [0.4, 0.5) is 11.4 Å². The Kier molecular flexibility index (Phi) is 5.26. The molecule has 0 radical (unpaired) electrons. The Hall–Kier alpha value is -1.71. The Labute approximate surface area is 147 Å². The van der Waals surface area contributed by atoms with Crippen LogP contribution >= 0.6 is 0 Å². The van der Waals surface area contributed by atoms with Crippen LogP contribution in [-0.2, 0) is 14.8 Å². The molecule has 1 saturated carbocycles. The standard InChI is InChI=1S/C16H23N3O5S/c1-12(13-3-2-4-13)17-15-6-5-14(19(20)21)11-16(15)25(22,23)18-7-9-24-10-8-18/h5-6,11-13,17H,2-4,7-10H2,1H3. The lowest BCUT2D eigenvalue weighted by Gasteiger charge is -2.33. The highest BCUT2D eigenvalue weighted by molar-refractivity contribution is 7.89. The van der Waals surface area contributed by atoms with Gasteiger partial charge < -0.3 is 10.1 Å². The third-order valence-electron chi connectivity index (χ3n) is 5.00. The molecule has 1 aliphatic carbocycles. The third-order valence-corrected chi connectivity index (χ3v) is 6.94. The second-order valence-corrected chi connectivity index (χ2v) is 8.48.